The largest absolute Gasteiger partial charge is 0.493 e. The Morgan fingerprint density at radius 1 is 0.870 bits per heavy atom. The highest BCUT2D eigenvalue weighted by molar-refractivity contribution is 7.92. The minimum Gasteiger partial charge on any atom is -0.493 e. The normalized spacial score (nSPS) is 11.2. The molecule has 0 aliphatic heterocycles. The van der Waals surface area contributed by atoms with Crippen LogP contribution in [0.2, 0.25) is 0 Å². The van der Waals surface area contributed by atoms with Crippen LogP contribution in [0.25, 0.3) is 0 Å². The number of nitrogens with zero attached hydrogens (tertiary/aromatic N) is 1. The van der Waals surface area contributed by atoms with Gasteiger partial charge in [0.2, 0.25) is 0 Å². The van der Waals surface area contributed by atoms with Crippen molar-refractivity contribution in [2.24, 2.45) is 0 Å². The van der Waals surface area contributed by atoms with E-state index in [1.807, 2.05) is 32.0 Å². The van der Waals surface area contributed by atoms with E-state index in [1.54, 1.807) is 13.1 Å². The number of hydrogen-bond donors (Lipinski definition) is 0. The smallest absolute Gasteiger partial charge is 0.264 e. The third-order valence-electron chi connectivity index (χ3n) is 3.58. The predicted octanol–water partition coefficient (Wildman–Crippen LogP) is 3.15. The van der Waals surface area contributed by atoms with Crippen LogP contribution in [0, 0.1) is 13.8 Å². The third-order valence-corrected chi connectivity index (χ3v) is 5.37. The zero-order valence-electron chi connectivity index (χ0n) is 14.0. The van der Waals surface area contributed by atoms with Crippen molar-refractivity contribution in [3.63, 3.8) is 0 Å². The summed E-state index contributed by atoms with van der Waals surface area (Å²) >= 11 is 0. The molecule has 0 atom stereocenters. The monoisotopic (exact) mass is 335 g/mol. The van der Waals surface area contributed by atoms with Crippen LogP contribution in [0.5, 0.6) is 11.5 Å². The van der Waals surface area contributed by atoms with Crippen molar-refractivity contribution in [3.8, 4) is 11.5 Å². The van der Waals surface area contributed by atoms with Crippen LogP contribution in [-0.2, 0) is 10.0 Å². The first-order chi connectivity index (χ1) is 10.8. The zero-order chi connectivity index (χ0) is 17.2. The van der Waals surface area contributed by atoms with Gasteiger partial charge in [0.25, 0.3) is 10.0 Å². The van der Waals surface area contributed by atoms with Gasteiger partial charge in [0.1, 0.15) is 0 Å². The van der Waals surface area contributed by atoms with Gasteiger partial charge in [0.05, 0.1) is 24.8 Å². The standard InChI is InChI=1S/C17H21NO4S/c1-12-8-13(2)10-14(9-12)18(3)23(19,20)15-6-7-16(21-4)17(11-15)22-5/h6-11H,1-5H3. The number of ether oxygens (including phenoxy) is 2. The summed E-state index contributed by atoms with van der Waals surface area (Å²) < 4.78 is 37.3. The van der Waals surface area contributed by atoms with Crippen molar-refractivity contribution < 1.29 is 17.9 Å². The molecule has 0 saturated carbocycles. The van der Waals surface area contributed by atoms with Gasteiger partial charge < -0.3 is 9.47 Å². The van der Waals surface area contributed by atoms with Crippen LogP contribution in [0.1, 0.15) is 11.1 Å². The Morgan fingerprint density at radius 3 is 1.96 bits per heavy atom. The lowest BCUT2D eigenvalue weighted by Crippen LogP contribution is -2.26. The van der Waals surface area contributed by atoms with Gasteiger partial charge in [0.15, 0.2) is 11.5 Å². The molecular weight excluding hydrogens is 314 g/mol. The molecule has 0 radical (unpaired) electrons. The minimum atomic E-state index is -3.69. The Balaban J connectivity index is 2.48. The van der Waals surface area contributed by atoms with Crippen molar-refractivity contribution in [3.05, 3.63) is 47.5 Å². The zero-order valence-corrected chi connectivity index (χ0v) is 14.8. The number of benzene rings is 2. The molecule has 0 N–H and O–H groups in total. The van der Waals surface area contributed by atoms with Crippen molar-refractivity contribution in [1.82, 2.24) is 0 Å². The van der Waals surface area contributed by atoms with Gasteiger partial charge in [0, 0.05) is 13.1 Å². The number of methoxy groups -OCH3 is 2. The number of aryl methyl sites for hydroxylation is 2. The average molecular weight is 335 g/mol. The van der Waals surface area contributed by atoms with Gasteiger partial charge in [-0.2, -0.15) is 0 Å². The highest BCUT2D eigenvalue weighted by Crippen LogP contribution is 2.32. The maximum atomic E-state index is 12.9. The molecule has 0 aliphatic rings. The number of rotatable bonds is 5. The van der Waals surface area contributed by atoms with Crippen LogP contribution in [0.15, 0.2) is 41.3 Å². The summed E-state index contributed by atoms with van der Waals surface area (Å²) in [4.78, 5) is 0.150. The van der Waals surface area contributed by atoms with E-state index in [2.05, 4.69) is 0 Å². The summed E-state index contributed by atoms with van der Waals surface area (Å²) in [6.45, 7) is 3.88. The molecule has 2 aromatic carbocycles. The Kier molecular flexibility index (Phi) is 4.85. The van der Waals surface area contributed by atoms with Crippen molar-refractivity contribution in [2.75, 3.05) is 25.6 Å². The summed E-state index contributed by atoms with van der Waals surface area (Å²) in [7, 11) is 0.838. The van der Waals surface area contributed by atoms with E-state index in [0.717, 1.165) is 11.1 Å². The fourth-order valence-corrected chi connectivity index (χ4v) is 3.60. The summed E-state index contributed by atoms with van der Waals surface area (Å²) in [5.74, 6) is 0.864. The van der Waals surface area contributed by atoms with Crippen LogP contribution in [-0.4, -0.2) is 29.7 Å². The summed E-state index contributed by atoms with van der Waals surface area (Å²) in [6, 6.07) is 10.2. The van der Waals surface area contributed by atoms with Crippen LogP contribution in [0.3, 0.4) is 0 Å². The molecule has 0 aromatic heterocycles. The molecule has 0 aliphatic carbocycles. The maximum absolute atomic E-state index is 12.9. The Hall–Kier alpha value is -2.21. The number of sulfonamides is 1. The first-order valence-corrected chi connectivity index (χ1v) is 8.53. The summed E-state index contributed by atoms with van der Waals surface area (Å²) in [6.07, 6.45) is 0. The maximum Gasteiger partial charge on any atom is 0.264 e. The molecule has 2 aromatic rings. The van der Waals surface area contributed by atoms with E-state index in [1.165, 1.54) is 30.7 Å². The molecule has 0 spiro atoms. The lowest BCUT2D eigenvalue weighted by atomic mass is 10.1. The lowest BCUT2D eigenvalue weighted by Gasteiger charge is -2.21. The molecule has 0 amide bonds. The van der Waals surface area contributed by atoms with Crippen LogP contribution in [0.4, 0.5) is 5.69 Å². The number of hydrogen-bond acceptors (Lipinski definition) is 4. The van der Waals surface area contributed by atoms with E-state index >= 15 is 0 Å². The van der Waals surface area contributed by atoms with E-state index in [-0.39, 0.29) is 4.90 Å². The molecule has 2 rings (SSSR count). The molecule has 5 nitrogen and oxygen atoms in total. The first kappa shape index (κ1) is 17.1. The van der Waals surface area contributed by atoms with Gasteiger partial charge in [-0.05, 0) is 49.2 Å². The third kappa shape index (κ3) is 3.42. The van der Waals surface area contributed by atoms with Crippen LogP contribution < -0.4 is 13.8 Å². The summed E-state index contributed by atoms with van der Waals surface area (Å²) in [5, 5.41) is 0. The summed E-state index contributed by atoms with van der Waals surface area (Å²) in [5.41, 5.74) is 2.64. The van der Waals surface area contributed by atoms with Crippen LogP contribution >= 0.6 is 0 Å². The average Bonchev–Trinajstić information content (AvgIpc) is 2.52. The van der Waals surface area contributed by atoms with E-state index in [0.29, 0.717) is 17.2 Å². The van der Waals surface area contributed by atoms with Crippen molar-refractivity contribution in [2.45, 2.75) is 18.7 Å². The quantitative estimate of drug-likeness (QED) is 0.842. The SMILES string of the molecule is COc1ccc(S(=O)(=O)N(C)c2cc(C)cc(C)c2)cc1OC. The van der Waals surface area contributed by atoms with Crippen molar-refractivity contribution >= 4 is 15.7 Å². The fraction of sp³-hybridized carbons (Fsp3) is 0.294. The Morgan fingerprint density at radius 2 is 1.43 bits per heavy atom. The molecule has 0 bridgehead atoms. The molecule has 0 heterocycles. The molecule has 6 heteroatoms. The second-order valence-corrected chi connectivity index (χ2v) is 7.30. The van der Waals surface area contributed by atoms with Gasteiger partial charge in [-0.3, -0.25) is 4.31 Å². The number of anilines is 1. The fourth-order valence-electron chi connectivity index (χ4n) is 2.41. The first-order valence-electron chi connectivity index (χ1n) is 7.09. The van der Waals surface area contributed by atoms with Gasteiger partial charge in [-0.15, -0.1) is 0 Å². The van der Waals surface area contributed by atoms with E-state index in [9.17, 15) is 8.42 Å². The van der Waals surface area contributed by atoms with E-state index in [4.69, 9.17) is 9.47 Å². The van der Waals surface area contributed by atoms with Crippen molar-refractivity contribution in [1.29, 1.82) is 0 Å². The molecule has 0 saturated heterocycles. The van der Waals surface area contributed by atoms with Gasteiger partial charge in [-0.25, -0.2) is 8.42 Å². The topological polar surface area (TPSA) is 55.8 Å². The Bertz CT molecular complexity index is 795. The highest BCUT2D eigenvalue weighted by Gasteiger charge is 2.23. The molecule has 0 fully saturated rings. The lowest BCUT2D eigenvalue weighted by molar-refractivity contribution is 0.354. The second-order valence-electron chi connectivity index (χ2n) is 5.34. The Labute approximate surface area is 137 Å². The highest BCUT2D eigenvalue weighted by atomic mass is 32.2. The van der Waals surface area contributed by atoms with E-state index < -0.39 is 10.0 Å². The van der Waals surface area contributed by atoms with Gasteiger partial charge >= 0.3 is 0 Å². The molecule has 0 unspecified atom stereocenters. The van der Waals surface area contributed by atoms with Gasteiger partial charge in [-0.1, -0.05) is 6.07 Å². The minimum absolute atomic E-state index is 0.150. The molecule has 23 heavy (non-hydrogen) atoms. The second kappa shape index (κ2) is 6.50. The molecule has 124 valence electrons. The molecular formula is C17H21NO4S. The predicted molar refractivity (Wildman–Crippen MR) is 91.1 cm³/mol.